The molecule has 1 aromatic carbocycles. The third-order valence-corrected chi connectivity index (χ3v) is 4.14. The second-order valence-electron chi connectivity index (χ2n) is 5.76. The van der Waals surface area contributed by atoms with Gasteiger partial charge in [0.25, 0.3) is 0 Å². The first-order valence-corrected chi connectivity index (χ1v) is 7.32. The molecule has 1 heterocycles. The lowest BCUT2D eigenvalue weighted by molar-refractivity contribution is 0.138. The van der Waals surface area contributed by atoms with E-state index in [2.05, 4.69) is 23.9 Å². The van der Waals surface area contributed by atoms with E-state index in [-0.39, 0.29) is 5.82 Å². The minimum absolute atomic E-state index is 0.284. The van der Waals surface area contributed by atoms with Gasteiger partial charge in [-0.3, -0.25) is 0 Å². The molecule has 1 saturated heterocycles. The van der Waals surface area contributed by atoms with Gasteiger partial charge in [0.15, 0.2) is 11.6 Å². The van der Waals surface area contributed by atoms with Gasteiger partial charge in [0.2, 0.25) is 0 Å². The third kappa shape index (κ3) is 3.70. The Balaban J connectivity index is 1.97. The molecule has 0 spiro atoms. The number of halogens is 1. The topological polar surface area (TPSA) is 15.7 Å². The number of para-hydroxylation sites is 1. The van der Waals surface area contributed by atoms with Crippen LogP contribution in [0.3, 0.4) is 0 Å². The highest BCUT2D eigenvalue weighted by atomic mass is 19.1. The Kier molecular flexibility index (Phi) is 5.38. The normalized spacial score (nSPS) is 20.4. The Labute approximate surface area is 121 Å². The first-order chi connectivity index (χ1) is 9.61. The maximum atomic E-state index is 13.7. The number of nitrogens with zero attached hydrogens (tertiary/aromatic N) is 2. The highest BCUT2D eigenvalue weighted by Crippen LogP contribution is 2.24. The molecule has 0 bridgehead atoms. The van der Waals surface area contributed by atoms with E-state index in [1.807, 2.05) is 6.07 Å². The van der Waals surface area contributed by atoms with Crippen molar-refractivity contribution in [3.63, 3.8) is 0 Å². The van der Waals surface area contributed by atoms with Crippen molar-refractivity contribution in [2.45, 2.75) is 31.8 Å². The smallest absolute Gasteiger partial charge is 0.165 e. The number of likely N-dealkylation sites (tertiary alicyclic amines) is 1. The van der Waals surface area contributed by atoms with Crippen LogP contribution in [-0.4, -0.2) is 50.1 Å². The van der Waals surface area contributed by atoms with Crippen LogP contribution in [0.15, 0.2) is 18.2 Å². The van der Waals surface area contributed by atoms with E-state index in [0.717, 1.165) is 12.1 Å². The Morgan fingerprint density at radius 1 is 1.40 bits per heavy atom. The van der Waals surface area contributed by atoms with Crippen molar-refractivity contribution in [3.8, 4) is 5.75 Å². The van der Waals surface area contributed by atoms with Gasteiger partial charge >= 0.3 is 0 Å². The average molecular weight is 280 g/mol. The van der Waals surface area contributed by atoms with Crippen molar-refractivity contribution in [2.24, 2.45) is 0 Å². The number of benzene rings is 1. The molecule has 0 unspecified atom stereocenters. The Morgan fingerprint density at radius 3 is 2.90 bits per heavy atom. The van der Waals surface area contributed by atoms with Gasteiger partial charge in [0.05, 0.1) is 7.11 Å². The molecule has 20 heavy (non-hydrogen) atoms. The van der Waals surface area contributed by atoms with Gasteiger partial charge in [0.1, 0.15) is 0 Å². The third-order valence-electron chi connectivity index (χ3n) is 4.14. The van der Waals surface area contributed by atoms with E-state index in [9.17, 15) is 4.39 Å². The quantitative estimate of drug-likeness (QED) is 0.825. The number of piperidine rings is 1. The summed E-state index contributed by atoms with van der Waals surface area (Å²) in [5.74, 6) is 0.0875. The van der Waals surface area contributed by atoms with Crippen LogP contribution < -0.4 is 4.74 Å². The van der Waals surface area contributed by atoms with Crippen molar-refractivity contribution >= 4 is 0 Å². The standard InChI is InChI=1S/C16H25FN2O/c1-18(12-14-8-4-5-10-19(14)2)11-13-7-6-9-15(17)16(13)20-3/h6-7,9,14H,4-5,8,10-12H2,1-3H3/t14-/m0/s1. The zero-order chi connectivity index (χ0) is 14.5. The van der Waals surface area contributed by atoms with Crippen LogP contribution >= 0.6 is 0 Å². The summed E-state index contributed by atoms with van der Waals surface area (Å²) in [7, 11) is 5.81. The van der Waals surface area contributed by atoms with Crippen LogP contribution in [0.25, 0.3) is 0 Å². The molecule has 1 fully saturated rings. The molecule has 0 saturated carbocycles. The summed E-state index contributed by atoms with van der Waals surface area (Å²) in [6.07, 6.45) is 3.86. The summed E-state index contributed by atoms with van der Waals surface area (Å²) in [6, 6.07) is 5.72. The molecule has 4 heteroatoms. The summed E-state index contributed by atoms with van der Waals surface area (Å²) in [6.45, 7) is 2.91. The van der Waals surface area contributed by atoms with Crippen LogP contribution in [0.4, 0.5) is 4.39 Å². The molecular weight excluding hydrogens is 255 g/mol. The number of likely N-dealkylation sites (N-methyl/N-ethyl adjacent to an activating group) is 2. The van der Waals surface area contributed by atoms with Crippen molar-refractivity contribution in [1.29, 1.82) is 0 Å². The number of rotatable bonds is 5. The number of ether oxygens (including phenoxy) is 1. The van der Waals surface area contributed by atoms with Gasteiger partial charge in [-0.2, -0.15) is 0 Å². The average Bonchev–Trinajstić information content (AvgIpc) is 2.42. The molecule has 112 valence electrons. The minimum Gasteiger partial charge on any atom is -0.493 e. The van der Waals surface area contributed by atoms with Crippen LogP contribution in [0.2, 0.25) is 0 Å². The molecule has 0 aromatic heterocycles. The van der Waals surface area contributed by atoms with E-state index in [1.54, 1.807) is 6.07 Å². The van der Waals surface area contributed by atoms with Crippen LogP contribution in [-0.2, 0) is 6.54 Å². The fraction of sp³-hybridized carbons (Fsp3) is 0.625. The van der Waals surface area contributed by atoms with Crippen LogP contribution in [0, 0.1) is 5.82 Å². The SMILES string of the molecule is COc1c(F)cccc1CN(C)C[C@@H]1CCCCN1C. The minimum atomic E-state index is -0.284. The molecular formula is C16H25FN2O. The van der Waals surface area contributed by atoms with E-state index in [1.165, 1.54) is 39.0 Å². The lowest BCUT2D eigenvalue weighted by atomic mass is 10.0. The van der Waals surface area contributed by atoms with Crippen molar-refractivity contribution in [3.05, 3.63) is 29.6 Å². The lowest BCUT2D eigenvalue weighted by Gasteiger charge is -2.35. The zero-order valence-corrected chi connectivity index (χ0v) is 12.7. The van der Waals surface area contributed by atoms with Crippen molar-refractivity contribution < 1.29 is 9.13 Å². The summed E-state index contributed by atoms with van der Waals surface area (Å²) in [5.41, 5.74) is 0.911. The Morgan fingerprint density at radius 2 is 2.20 bits per heavy atom. The van der Waals surface area contributed by atoms with Gasteiger partial charge in [-0.15, -0.1) is 0 Å². The second kappa shape index (κ2) is 7.04. The summed E-state index contributed by atoms with van der Waals surface area (Å²) in [4.78, 5) is 4.69. The highest BCUT2D eigenvalue weighted by Gasteiger charge is 2.21. The lowest BCUT2D eigenvalue weighted by Crippen LogP contribution is -2.43. The zero-order valence-electron chi connectivity index (χ0n) is 12.7. The van der Waals surface area contributed by atoms with E-state index < -0.39 is 0 Å². The predicted octanol–water partition coefficient (Wildman–Crippen LogP) is 2.75. The Bertz CT molecular complexity index is 438. The number of methoxy groups -OCH3 is 1. The van der Waals surface area contributed by atoms with Gasteiger partial charge < -0.3 is 14.5 Å². The maximum Gasteiger partial charge on any atom is 0.165 e. The van der Waals surface area contributed by atoms with Crippen molar-refractivity contribution in [1.82, 2.24) is 9.80 Å². The monoisotopic (exact) mass is 280 g/mol. The summed E-state index contributed by atoms with van der Waals surface area (Å²) >= 11 is 0. The van der Waals surface area contributed by atoms with E-state index in [0.29, 0.717) is 18.3 Å². The second-order valence-corrected chi connectivity index (χ2v) is 5.76. The molecule has 0 amide bonds. The molecule has 1 aromatic rings. The Hall–Kier alpha value is -1.13. The first-order valence-electron chi connectivity index (χ1n) is 7.32. The van der Waals surface area contributed by atoms with E-state index >= 15 is 0 Å². The van der Waals surface area contributed by atoms with Gasteiger partial charge in [-0.1, -0.05) is 18.6 Å². The highest BCUT2D eigenvalue weighted by molar-refractivity contribution is 5.34. The van der Waals surface area contributed by atoms with Crippen molar-refractivity contribution in [2.75, 3.05) is 34.3 Å². The first kappa shape index (κ1) is 15.3. The number of hydrogen-bond donors (Lipinski definition) is 0. The molecule has 1 atom stereocenters. The largest absolute Gasteiger partial charge is 0.493 e. The molecule has 1 aliphatic heterocycles. The fourth-order valence-corrected chi connectivity index (χ4v) is 3.00. The number of hydrogen-bond acceptors (Lipinski definition) is 3. The van der Waals surface area contributed by atoms with Gasteiger partial charge in [0, 0.05) is 24.7 Å². The molecule has 1 aliphatic rings. The molecule has 0 radical (unpaired) electrons. The predicted molar refractivity (Wildman–Crippen MR) is 79.6 cm³/mol. The van der Waals surface area contributed by atoms with Gasteiger partial charge in [-0.25, -0.2) is 4.39 Å². The summed E-state index contributed by atoms with van der Waals surface area (Å²) in [5, 5.41) is 0. The van der Waals surface area contributed by atoms with Crippen LogP contribution in [0.5, 0.6) is 5.75 Å². The molecule has 0 N–H and O–H groups in total. The summed E-state index contributed by atoms with van der Waals surface area (Å²) < 4.78 is 18.8. The van der Waals surface area contributed by atoms with Gasteiger partial charge in [-0.05, 0) is 39.5 Å². The van der Waals surface area contributed by atoms with Crippen LogP contribution in [0.1, 0.15) is 24.8 Å². The molecule has 2 rings (SSSR count). The molecule has 3 nitrogen and oxygen atoms in total. The van der Waals surface area contributed by atoms with E-state index in [4.69, 9.17) is 4.74 Å². The molecule has 0 aliphatic carbocycles. The maximum absolute atomic E-state index is 13.7. The fourth-order valence-electron chi connectivity index (χ4n) is 3.00.